The van der Waals surface area contributed by atoms with Crippen LogP contribution in [-0.4, -0.2) is 28.6 Å². The van der Waals surface area contributed by atoms with Crippen LogP contribution in [0.25, 0.3) is 16.5 Å². The third-order valence-electron chi connectivity index (χ3n) is 3.66. The Morgan fingerprint density at radius 2 is 2.15 bits per heavy atom. The van der Waals surface area contributed by atoms with Crippen molar-refractivity contribution in [2.75, 3.05) is 6.54 Å². The molecule has 0 radical (unpaired) electrons. The van der Waals surface area contributed by atoms with Gasteiger partial charge >= 0.3 is 0 Å². The average molecular weight is 394 g/mol. The molecule has 2 aromatic heterocycles. The second-order valence-corrected chi connectivity index (χ2v) is 7.74. The molecule has 0 saturated carbocycles. The Labute approximate surface area is 160 Å². The van der Waals surface area contributed by atoms with E-state index in [2.05, 4.69) is 28.7 Å². The summed E-state index contributed by atoms with van der Waals surface area (Å²) in [5.74, 6) is -0.504. The van der Waals surface area contributed by atoms with Crippen LogP contribution in [0.5, 0.6) is 0 Å². The third-order valence-corrected chi connectivity index (χ3v) is 5.75. The zero-order chi connectivity index (χ0) is 18.8. The van der Waals surface area contributed by atoms with E-state index in [1.807, 2.05) is 12.3 Å². The number of hydroxylamine groups is 1. The van der Waals surface area contributed by atoms with Gasteiger partial charge in [0.2, 0.25) is 11.8 Å². The Kier molecular flexibility index (Phi) is 8.46. The number of rotatable bonds is 10. The summed E-state index contributed by atoms with van der Waals surface area (Å²) in [7, 11) is 0. The molecule has 2 aromatic rings. The van der Waals surface area contributed by atoms with Crippen LogP contribution in [0.4, 0.5) is 0 Å². The molecule has 0 bridgehead atoms. The van der Waals surface area contributed by atoms with Gasteiger partial charge in [0.25, 0.3) is 0 Å². The SMILES string of the molecule is CCc1ncc(-c2csc(C=CC(=O)NCCCCCC(=O)NO)c2)s1. The number of nitrogens with zero attached hydrogens (tertiary/aromatic N) is 1. The predicted molar refractivity (Wildman–Crippen MR) is 105 cm³/mol. The number of hydrogen-bond donors (Lipinski definition) is 3. The minimum absolute atomic E-state index is 0.126. The normalized spacial score (nSPS) is 11.0. The number of carbonyl (C=O) groups excluding carboxylic acids is 2. The molecule has 0 spiro atoms. The maximum Gasteiger partial charge on any atom is 0.244 e. The first-order valence-corrected chi connectivity index (χ1v) is 10.2. The Hall–Kier alpha value is -2.03. The molecule has 0 fully saturated rings. The molecule has 26 heavy (non-hydrogen) atoms. The number of thiophene rings is 1. The van der Waals surface area contributed by atoms with Gasteiger partial charge in [-0.2, -0.15) is 0 Å². The molecule has 0 aliphatic carbocycles. The molecule has 3 N–H and O–H groups in total. The van der Waals surface area contributed by atoms with E-state index in [4.69, 9.17) is 5.21 Å². The standard InChI is InChI=1S/C18H23N3O3S2/c1-2-18-20-11-15(26-18)13-10-14(25-12-13)7-8-16(22)19-9-5-3-4-6-17(23)21-24/h7-8,10-12,24H,2-6,9H2,1H3,(H,19,22)(H,21,23). The van der Waals surface area contributed by atoms with Gasteiger partial charge in [0, 0.05) is 41.1 Å². The van der Waals surface area contributed by atoms with E-state index in [-0.39, 0.29) is 11.8 Å². The van der Waals surface area contributed by atoms with Crippen LogP contribution in [0.2, 0.25) is 0 Å². The van der Waals surface area contributed by atoms with Gasteiger partial charge in [-0.05, 0) is 31.4 Å². The zero-order valence-corrected chi connectivity index (χ0v) is 16.3. The summed E-state index contributed by atoms with van der Waals surface area (Å²) in [5, 5.41) is 14.4. The molecule has 140 valence electrons. The summed E-state index contributed by atoms with van der Waals surface area (Å²) in [5.41, 5.74) is 2.74. The number of carbonyl (C=O) groups is 2. The van der Waals surface area contributed by atoms with Crippen molar-refractivity contribution in [1.82, 2.24) is 15.8 Å². The van der Waals surface area contributed by atoms with Crippen molar-refractivity contribution < 1.29 is 14.8 Å². The van der Waals surface area contributed by atoms with Gasteiger partial charge in [0.05, 0.1) is 9.88 Å². The Morgan fingerprint density at radius 1 is 1.31 bits per heavy atom. The van der Waals surface area contributed by atoms with E-state index < -0.39 is 0 Å². The lowest BCUT2D eigenvalue weighted by Gasteiger charge is -2.02. The molecule has 2 amide bonds. The van der Waals surface area contributed by atoms with Crippen molar-refractivity contribution >= 4 is 40.6 Å². The van der Waals surface area contributed by atoms with Crippen molar-refractivity contribution in [3.63, 3.8) is 0 Å². The number of amides is 2. The van der Waals surface area contributed by atoms with Crippen molar-refractivity contribution in [3.8, 4) is 10.4 Å². The number of nitrogens with one attached hydrogen (secondary N) is 2. The lowest BCUT2D eigenvalue weighted by molar-refractivity contribution is -0.129. The molecule has 0 aromatic carbocycles. The molecule has 0 aliphatic heterocycles. The highest BCUT2D eigenvalue weighted by Crippen LogP contribution is 2.30. The summed E-state index contributed by atoms with van der Waals surface area (Å²) in [4.78, 5) is 29.2. The molecule has 2 heterocycles. The highest BCUT2D eigenvalue weighted by Gasteiger charge is 2.05. The van der Waals surface area contributed by atoms with Crippen LogP contribution in [-0.2, 0) is 16.0 Å². The van der Waals surface area contributed by atoms with Gasteiger partial charge in [-0.25, -0.2) is 10.5 Å². The van der Waals surface area contributed by atoms with E-state index in [9.17, 15) is 9.59 Å². The first kappa shape index (κ1) is 20.3. The maximum absolute atomic E-state index is 11.8. The quantitative estimate of drug-likeness (QED) is 0.249. The van der Waals surface area contributed by atoms with Crippen LogP contribution < -0.4 is 10.8 Å². The monoisotopic (exact) mass is 393 g/mol. The highest BCUT2D eigenvalue weighted by molar-refractivity contribution is 7.16. The van der Waals surface area contributed by atoms with Crippen LogP contribution in [0.15, 0.2) is 23.7 Å². The van der Waals surface area contributed by atoms with Crippen molar-refractivity contribution in [2.45, 2.75) is 39.0 Å². The highest BCUT2D eigenvalue weighted by atomic mass is 32.1. The lowest BCUT2D eigenvalue weighted by atomic mass is 10.2. The molecule has 0 atom stereocenters. The van der Waals surface area contributed by atoms with E-state index in [1.54, 1.807) is 34.2 Å². The molecule has 0 unspecified atom stereocenters. The van der Waals surface area contributed by atoms with Gasteiger partial charge in [-0.3, -0.25) is 14.8 Å². The third kappa shape index (κ3) is 6.70. The maximum atomic E-state index is 11.8. The van der Waals surface area contributed by atoms with Crippen LogP contribution in [0.1, 0.15) is 42.5 Å². The van der Waals surface area contributed by atoms with Crippen LogP contribution >= 0.6 is 22.7 Å². The van der Waals surface area contributed by atoms with Gasteiger partial charge in [0.1, 0.15) is 0 Å². The van der Waals surface area contributed by atoms with E-state index in [0.717, 1.165) is 39.6 Å². The average Bonchev–Trinajstić information content (AvgIpc) is 3.31. The van der Waals surface area contributed by atoms with Crippen molar-refractivity contribution in [3.05, 3.63) is 33.6 Å². The second-order valence-electron chi connectivity index (χ2n) is 5.68. The van der Waals surface area contributed by atoms with E-state index in [1.165, 1.54) is 0 Å². The lowest BCUT2D eigenvalue weighted by Crippen LogP contribution is -2.22. The minimum atomic E-state index is -0.378. The van der Waals surface area contributed by atoms with Gasteiger partial charge in [0.15, 0.2) is 0 Å². The summed E-state index contributed by atoms with van der Waals surface area (Å²) in [6.45, 7) is 2.66. The molecular weight excluding hydrogens is 370 g/mol. The number of thiazole rings is 1. The summed E-state index contributed by atoms with van der Waals surface area (Å²) >= 11 is 3.29. The Bertz CT molecular complexity index is 752. The number of hydrogen-bond acceptors (Lipinski definition) is 6. The largest absolute Gasteiger partial charge is 0.353 e. The number of aromatic nitrogens is 1. The summed E-state index contributed by atoms with van der Waals surface area (Å²) < 4.78 is 0. The topological polar surface area (TPSA) is 91.3 Å². The minimum Gasteiger partial charge on any atom is -0.353 e. The molecule has 6 nitrogen and oxygen atoms in total. The smallest absolute Gasteiger partial charge is 0.244 e. The number of unbranched alkanes of at least 4 members (excludes halogenated alkanes) is 2. The second kappa shape index (κ2) is 10.8. The van der Waals surface area contributed by atoms with E-state index in [0.29, 0.717) is 19.4 Å². The Morgan fingerprint density at radius 3 is 2.88 bits per heavy atom. The summed E-state index contributed by atoms with van der Waals surface area (Å²) in [6.07, 6.45) is 8.80. The van der Waals surface area contributed by atoms with Gasteiger partial charge in [-0.15, -0.1) is 22.7 Å². The van der Waals surface area contributed by atoms with Crippen molar-refractivity contribution in [1.29, 1.82) is 0 Å². The first-order valence-electron chi connectivity index (χ1n) is 8.54. The molecule has 2 rings (SSSR count). The van der Waals surface area contributed by atoms with E-state index >= 15 is 0 Å². The first-order chi connectivity index (χ1) is 12.6. The Balaban J connectivity index is 1.70. The molecule has 0 saturated heterocycles. The summed E-state index contributed by atoms with van der Waals surface area (Å²) in [6, 6.07) is 2.06. The molecule has 0 aliphatic rings. The zero-order valence-electron chi connectivity index (χ0n) is 14.7. The predicted octanol–water partition coefficient (Wildman–Crippen LogP) is 3.63. The molecule has 8 heteroatoms. The van der Waals surface area contributed by atoms with Crippen LogP contribution in [0, 0.1) is 0 Å². The van der Waals surface area contributed by atoms with Crippen molar-refractivity contribution in [2.24, 2.45) is 0 Å². The number of aryl methyl sites for hydroxylation is 1. The fourth-order valence-electron chi connectivity index (χ4n) is 2.25. The fourth-order valence-corrected chi connectivity index (χ4v) is 3.97. The van der Waals surface area contributed by atoms with Crippen LogP contribution in [0.3, 0.4) is 0 Å². The van der Waals surface area contributed by atoms with Gasteiger partial charge < -0.3 is 5.32 Å². The molecular formula is C18H23N3O3S2. The van der Waals surface area contributed by atoms with Gasteiger partial charge in [-0.1, -0.05) is 13.3 Å². The fraction of sp³-hybridized carbons (Fsp3) is 0.389.